The van der Waals surface area contributed by atoms with Crippen molar-refractivity contribution >= 4 is 0 Å². The Labute approximate surface area is 104 Å². The van der Waals surface area contributed by atoms with Gasteiger partial charge < -0.3 is 0 Å². The van der Waals surface area contributed by atoms with E-state index in [1.165, 1.54) is 18.5 Å². The lowest BCUT2D eigenvalue weighted by Gasteiger charge is -2.29. The number of hydrogen-bond donors (Lipinski definition) is 0. The molecule has 5 heteroatoms. The van der Waals surface area contributed by atoms with E-state index in [2.05, 4.69) is 10.1 Å². The van der Waals surface area contributed by atoms with Crippen LogP contribution >= 0.6 is 0 Å². The molecule has 0 saturated heterocycles. The van der Waals surface area contributed by atoms with Gasteiger partial charge >= 0.3 is 0 Å². The first-order valence-electron chi connectivity index (χ1n) is 5.83. The van der Waals surface area contributed by atoms with Gasteiger partial charge in [-0.2, -0.15) is 5.10 Å². The van der Waals surface area contributed by atoms with Gasteiger partial charge in [-0.15, -0.1) is 0 Å². The smallest absolute Gasteiger partial charge is 0.137 e. The minimum atomic E-state index is -0.560. The second kappa shape index (κ2) is 4.84. The zero-order chi connectivity index (χ0) is 13.2. The predicted octanol–water partition coefficient (Wildman–Crippen LogP) is 2.92. The van der Waals surface area contributed by atoms with Crippen molar-refractivity contribution in [3.63, 3.8) is 0 Å². The van der Waals surface area contributed by atoms with Gasteiger partial charge in [-0.05, 0) is 18.1 Å². The van der Waals surface area contributed by atoms with Gasteiger partial charge in [0.25, 0.3) is 0 Å². The van der Waals surface area contributed by atoms with Crippen LogP contribution in [0.3, 0.4) is 0 Å². The molecule has 2 aromatic rings. The highest BCUT2D eigenvalue weighted by atomic mass is 19.1. The molecule has 1 aromatic heterocycles. The molecule has 0 aliphatic heterocycles. The highest BCUT2D eigenvalue weighted by Crippen LogP contribution is 2.31. The van der Waals surface area contributed by atoms with E-state index >= 15 is 0 Å². The molecule has 0 saturated carbocycles. The van der Waals surface area contributed by atoms with Crippen LogP contribution in [0.5, 0.6) is 0 Å². The summed E-state index contributed by atoms with van der Waals surface area (Å²) in [6, 6.07) is 3.71. The Bertz CT molecular complexity index is 525. The van der Waals surface area contributed by atoms with Gasteiger partial charge in [0, 0.05) is 11.5 Å². The van der Waals surface area contributed by atoms with E-state index in [-0.39, 0.29) is 0 Å². The molecular weight excluding hydrogens is 236 g/mol. The Kier molecular flexibility index (Phi) is 3.41. The number of nitrogens with zero attached hydrogens (tertiary/aromatic N) is 3. The van der Waals surface area contributed by atoms with E-state index in [0.717, 1.165) is 12.5 Å². The Morgan fingerprint density at radius 2 is 2.11 bits per heavy atom. The first-order chi connectivity index (χ1) is 8.55. The van der Waals surface area contributed by atoms with E-state index < -0.39 is 17.0 Å². The molecule has 0 fully saturated rings. The number of hydrogen-bond acceptors (Lipinski definition) is 2. The molecule has 0 aliphatic carbocycles. The first kappa shape index (κ1) is 12.7. The van der Waals surface area contributed by atoms with E-state index in [0.29, 0.717) is 12.1 Å². The minimum absolute atomic E-state index is 0.439. The number of rotatable bonds is 4. The standard InChI is InChI=1S/C13H15F2N3/c1-3-13(2,7-18-9-16-8-17-18)11-5-4-10(14)6-12(11)15/h4-6,8-9H,3,7H2,1-2H3. The average Bonchev–Trinajstić information content (AvgIpc) is 2.81. The third kappa shape index (κ3) is 2.39. The predicted molar refractivity (Wildman–Crippen MR) is 64.0 cm³/mol. The Morgan fingerprint density at radius 1 is 1.33 bits per heavy atom. The van der Waals surface area contributed by atoms with Gasteiger partial charge in [-0.3, -0.25) is 4.68 Å². The summed E-state index contributed by atoms with van der Waals surface area (Å²) in [6.45, 7) is 4.41. The Hall–Kier alpha value is -1.78. The zero-order valence-corrected chi connectivity index (χ0v) is 10.4. The van der Waals surface area contributed by atoms with Crippen LogP contribution in [0.15, 0.2) is 30.9 Å². The maximum Gasteiger partial charge on any atom is 0.137 e. The number of aromatic nitrogens is 3. The lowest BCUT2D eigenvalue weighted by atomic mass is 9.79. The summed E-state index contributed by atoms with van der Waals surface area (Å²) in [5.41, 5.74) is 0.0628. The van der Waals surface area contributed by atoms with Gasteiger partial charge in [0.1, 0.15) is 24.3 Å². The normalized spacial score (nSPS) is 14.4. The van der Waals surface area contributed by atoms with Crippen molar-refractivity contribution in [3.8, 4) is 0 Å². The van der Waals surface area contributed by atoms with Gasteiger partial charge in [0.15, 0.2) is 0 Å². The third-order valence-electron chi connectivity index (χ3n) is 3.34. The minimum Gasteiger partial charge on any atom is -0.252 e. The molecule has 0 radical (unpaired) electrons. The molecule has 3 nitrogen and oxygen atoms in total. The fourth-order valence-corrected chi connectivity index (χ4v) is 2.04. The summed E-state index contributed by atoms with van der Waals surface area (Å²) in [5.74, 6) is -1.07. The first-order valence-corrected chi connectivity index (χ1v) is 5.83. The highest BCUT2D eigenvalue weighted by molar-refractivity contribution is 5.26. The molecule has 1 aromatic carbocycles. The molecular formula is C13H15F2N3. The van der Waals surface area contributed by atoms with E-state index in [1.54, 1.807) is 11.0 Å². The molecule has 1 unspecified atom stereocenters. The molecule has 2 rings (SSSR count). The summed E-state index contributed by atoms with van der Waals surface area (Å²) in [7, 11) is 0. The Balaban J connectivity index is 2.36. The van der Waals surface area contributed by atoms with Crippen LogP contribution in [0, 0.1) is 11.6 Å². The summed E-state index contributed by atoms with van der Waals surface area (Å²) in [5, 5.41) is 4.03. The molecule has 96 valence electrons. The molecule has 0 aliphatic rings. The largest absolute Gasteiger partial charge is 0.252 e. The quantitative estimate of drug-likeness (QED) is 0.836. The van der Waals surface area contributed by atoms with E-state index in [1.807, 2.05) is 13.8 Å². The second-order valence-electron chi connectivity index (χ2n) is 4.63. The molecule has 1 heterocycles. The van der Waals surface area contributed by atoms with Crippen LogP contribution in [0.1, 0.15) is 25.8 Å². The van der Waals surface area contributed by atoms with Crippen molar-refractivity contribution in [3.05, 3.63) is 48.1 Å². The summed E-state index contributed by atoms with van der Waals surface area (Å²) < 4.78 is 28.5. The molecule has 1 atom stereocenters. The van der Waals surface area contributed by atoms with Gasteiger partial charge in [-0.1, -0.05) is 19.9 Å². The van der Waals surface area contributed by atoms with Crippen molar-refractivity contribution < 1.29 is 8.78 Å². The monoisotopic (exact) mass is 251 g/mol. The van der Waals surface area contributed by atoms with Gasteiger partial charge in [0.05, 0.1) is 6.54 Å². The SMILES string of the molecule is CCC(C)(Cn1cncn1)c1ccc(F)cc1F. The average molecular weight is 251 g/mol. The maximum absolute atomic E-state index is 13.9. The van der Waals surface area contributed by atoms with Crippen molar-refractivity contribution in [2.24, 2.45) is 0 Å². The van der Waals surface area contributed by atoms with Gasteiger partial charge in [0.2, 0.25) is 0 Å². The highest BCUT2D eigenvalue weighted by Gasteiger charge is 2.28. The van der Waals surface area contributed by atoms with Crippen LogP contribution in [-0.4, -0.2) is 14.8 Å². The molecule has 0 spiro atoms. The van der Waals surface area contributed by atoms with Crippen molar-refractivity contribution in [2.75, 3.05) is 0 Å². The third-order valence-corrected chi connectivity index (χ3v) is 3.34. The van der Waals surface area contributed by atoms with Crippen LogP contribution < -0.4 is 0 Å². The topological polar surface area (TPSA) is 30.7 Å². The van der Waals surface area contributed by atoms with Crippen molar-refractivity contribution in [2.45, 2.75) is 32.2 Å². The van der Waals surface area contributed by atoms with Gasteiger partial charge in [-0.25, -0.2) is 13.8 Å². The van der Waals surface area contributed by atoms with Crippen molar-refractivity contribution in [1.82, 2.24) is 14.8 Å². The van der Waals surface area contributed by atoms with E-state index in [4.69, 9.17) is 0 Å². The van der Waals surface area contributed by atoms with Crippen molar-refractivity contribution in [1.29, 1.82) is 0 Å². The lowest BCUT2D eigenvalue weighted by Crippen LogP contribution is -2.29. The van der Waals surface area contributed by atoms with Crippen LogP contribution in [0.25, 0.3) is 0 Å². The van der Waals surface area contributed by atoms with E-state index in [9.17, 15) is 8.78 Å². The van der Waals surface area contributed by atoms with Crippen LogP contribution in [-0.2, 0) is 12.0 Å². The fraction of sp³-hybridized carbons (Fsp3) is 0.385. The maximum atomic E-state index is 13.9. The second-order valence-corrected chi connectivity index (χ2v) is 4.63. The number of benzene rings is 1. The number of halogens is 2. The molecule has 0 N–H and O–H groups in total. The van der Waals surface area contributed by atoms with Crippen LogP contribution in [0.2, 0.25) is 0 Å². The molecule has 0 bridgehead atoms. The molecule has 0 amide bonds. The summed E-state index contributed by atoms with van der Waals surface area (Å²) >= 11 is 0. The lowest BCUT2D eigenvalue weighted by molar-refractivity contribution is 0.348. The molecule has 18 heavy (non-hydrogen) atoms. The fourth-order valence-electron chi connectivity index (χ4n) is 2.04. The van der Waals surface area contributed by atoms with Crippen LogP contribution in [0.4, 0.5) is 8.78 Å². The Morgan fingerprint density at radius 3 is 2.67 bits per heavy atom. The zero-order valence-electron chi connectivity index (χ0n) is 10.4. The summed E-state index contributed by atoms with van der Waals surface area (Å²) in [6.07, 6.45) is 3.75. The summed E-state index contributed by atoms with van der Waals surface area (Å²) in [4.78, 5) is 3.87.